The fourth-order valence-corrected chi connectivity index (χ4v) is 2.56. The Morgan fingerprint density at radius 2 is 1.50 bits per heavy atom. The topological polar surface area (TPSA) is 0 Å². The standard InChI is InChI=1S/C20H24/c1-17(19-13-5-3-6-14-19)11-9-10-12-18(2)20-15-7-4-8-16-20/h3-8,13-16,18H,1,9-12H2,2H3. The van der Waals surface area contributed by atoms with Crippen molar-refractivity contribution in [3.8, 4) is 0 Å². The molecule has 0 heteroatoms. The van der Waals surface area contributed by atoms with Crippen LogP contribution in [0.15, 0.2) is 67.2 Å². The van der Waals surface area contributed by atoms with Crippen LogP contribution in [-0.2, 0) is 0 Å². The molecule has 2 rings (SSSR count). The molecular weight excluding hydrogens is 240 g/mol. The molecule has 20 heavy (non-hydrogen) atoms. The Hall–Kier alpha value is -1.82. The molecule has 104 valence electrons. The summed E-state index contributed by atoms with van der Waals surface area (Å²) >= 11 is 0. The third-order valence-corrected chi connectivity index (χ3v) is 3.92. The summed E-state index contributed by atoms with van der Waals surface area (Å²) in [5, 5.41) is 0. The van der Waals surface area contributed by atoms with E-state index in [0.29, 0.717) is 5.92 Å². The van der Waals surface area contributed by atoms with Gasteiger partial charge in [-0.05, 0) is 41.9 Å². The molecule has 0 amide bonds. The van der Waals surface area contributed by atoms with E-state index >= 15 is 0 Å². The van der Waals surface area contributed by atoms with E-state index in [0.717, 1.165) is 6.42 Å². The van der Waals surface area contributed by atoms with Crippen molar-refractivity contribution in [2.24, 2.45) is 0 Å². The van der Waals surface area contributed by atoms with Crippen molar-refractivity contribution >= 4 is 5.57 Å². The Morgan fingerprint density at radius 3 is 2.15 bits per heavy atom. The average molecular weight is 264 g/mol. The molecule has 0 fully saturated rings. The minimum atomic E-state index is 0.654. The maximum atomic E-state index is 4.20. The average Bonchev–Trinajstić information content (AvgIpc) is 2.53. The highest BCUT2D eigenvalue weighted by Crippen LogP contribution is 2.24. The molecule has 0 spiro atoms. The number of benzene rings is 2. The first-order chi connectivity index (χ1) is 9.77. The van der Waals surface area contributed by atoms with Crippen molar-refractivity contribution < 1.29 is 0 Å². The lowest BCUT2D eigenvalue weighted by Crippen LogP contribution is -1.93. The molecule has 0 saturated heterocycles. The Balaban J connectivity index is 1.71. The van der Waals surface area contributed by atoms with Crippen LogP contribution < -0.4 is 0 Å². The monoisotopic (exact) mass is 264 g/mol. The lowest BCUT2D eigenvalue weighted by atomic mass is 9.94. The van der Waals surface area contributed by atoms with Crippen molar-refractivity contribution in [3.63, 3.8) is 0 Å². The minimum Gasteiger partial charge on any atom is -0.0952 e. The molecule has 0 bridgehead atoms. The molecule has 0 aliphatic rings. The predicted octanol–water partition coefficient (Wildman–Crippen LogP) is 6.06. The van der Waals surface area contributed by atoms with E-state index in [4.69, 9.17) is 0 Å². The first kappa shape index (κ1) is 14.6. The van der Waals surface area contributed by atoms with Crippen molar-refractivity contribution in [2.75, 3.05) is 0 Å². The zero-order valence-corrected chi connectivity index (χ0v) is 12.4. The van der Waals surface area contributed by atoms with Crippen LogP contribution in [0, 0.1) is 0 Å². The fraction of sp³-hybridized carbons (Fsp3) is 0.300. The van der Waals surface area contributed by atoms with Gasteiger partial charge in [-0.25, -0.2) is 0 Å². The molecule has 0 aliphatic carbocycles. The number of allylic oxidation sites excluding steroid dienone is 1. The second-order valence-corrected chi connectivity index (χ2v) is 5.53. The van der Waals surface area contributed by atoms with Crippen molar-refractivity contribution in [2.45, 2.75) is 38.5 Å². The first-order valence-electron chi connectivity index (χ1n) is 7.55. The van der Waals surface area contributed by atoms with Gasteiger partial charge >= 0.3 is 0 Å². The summed E-state index contributed by atoms with van der Waals surface area (Å²) in [6.07, 6.45) is 4.85. The maximum absolute atomic E-state index is 4.20. The van der Waals surface area contributed by atoms with Gasteiger partial charge in [-0.15, -0.1) is 0 Å². The normalized spacial score (nSPS) is 12.1. The molecule has 0 nitrogen and oxygen atoms in total. The summed E-state index contributed by atoms with van der Waals surface area (Å²) < 4.78 is 0. The Bertz CT molecular complexity index is 510. The maximum Gasteiger partial charge on any atom is -0.0190 e. The van der Waals surface area contributed by atoms with Gasteiger partial charge in [0.1, 0.15) is 0 Å². The molecule has 2 aromatic carbocycles. The minimum absolute atomic E-state index is 0.654. The zero-order chi connectivity index (χ0) is 14.2. The summed E-state index contributed by atoms with van der Waals surface area (Å²) in [5.74, 6) is 0.654. The van der Waals surface area contributed by atoms with E-state index in [1.807, 2.05) is 0 Å². The van der Waals surface area contributed by atoms with Gasteiger partial charge < -0.3 is 0 Å². The molecule has 0 N–H and O–H groups in total. The van der Waals surface area contributed by atoms with Crippen LogP contribution in [-0.4, -0.2) is 0 Å². The van der Waals surface area contributed by atoms with E-state index in [9.17, 15) is 0 Å². The molecular formula is C20H24. The lowest BCUT2D eigenvalue weighted by molar-refractivity contribution is 0.611. The summed E-state index contributed by atoms with van der Waals surface area (Å²) in [5.41, 5.74) is 4.00. The van der Waals surface area contributed by atoms with Gasteiger partial charge in [0.15, 0.2) is 0 Å². The van der Waals surface area contributed by atoms with Gasteiger partial charge in [-0.2, -0.15) is 0 Å². The van der Waals surface area contributed by atoms with Gasteiger partial charge in [0.05, 0.1) is 0 Å². The molecule has 2 aromatic rings. The van der Waals surface area contributed by atoms with Crippen molar-refractivity contribution in [3.05, 3.63) is 78.4 Å². The zero-order valence-electron chi connectivity index (χ0n) is 12.4. The first-order valence-corrected chi connectivity index (χ1v) is 7.55. The second-order valence-electron chi connectivity index (χ2n) is 5.53. The van der Waals surface area contributed by atoms with Gasteiger partial charge in [0, 0.05) is 0 Å². The highest BCUT2D eigenvalue weighted by Gasteiger charge is 2.05. The van der Waals surface area contributed by atoms with Gasteiger partial charge in [-0.1, -0.05) is 80.6 Å². The van der Waals surface area contributed by atoms with E-state index in [2.05, 4.69) is 74.2 Å². The number of hydrogen-bond donors (Lipinski definition) is 0. The Kier molecular flexibility index (Phi) is 5.61. The molecule has 1 unspecified atom stereocenters. The van der Waals surface area contributed by atoms with E-state index in [-0.39, 0.29) is 0 Å². The number of hydrogen-bond acceptors (Lipinski definition) is 0. The van der Waals surface area contributed by atoms with Crippen LogP contribution in [0.3, 0.4) is 0 Å². The third kappa shape index (κ3) is 4.38. The Labute approximate surface area is 123 Å². The molecule has 1 atom stereocenters. The van der Waals surface area contributed by atoms with E-state index in [1.165, 1.54) is 36.0 Å². The third-order valence-electron chi connectivity index (χ3n) is 3.92. The molecule has 0 radical (unpaired) electrons. The van der Waals surface area contributed by atoms with Gasteiger partial charge in [0.25, 0.3) is 0 Å². The number of rotatable bonds is 7. The van der Waals surface area contributed by atoms with Crippen LogP contribution in [0.25, 0.3) is 5.57 Å². The predicted molar refractivity (Wildman–Crippen MR) is 88.8 cm³/mol. The van der Waals surface area contributed by atoms with Crippen molar-refractivity contribution in [1.29, 1.82) is 0 Å². The van der Waals surface area contributed by atoms with E-state index in [1.54, 1.807) is 0 Å². The summed E-state index contributed by atoms with van der Waals surface area (Å²) in [4.78, 5) is 0. The summed E-state index contributed by atoms with van der Waals surface area (Å²) in [7, 11) is 0. The van der Waals surface area contributed by atoms with Crippen LogP contribution in [0.5, 0.6) is 0 Å². The fourth-order valence-electron chi connectivity index (χ4n) is 2.56. The molecule has 0 heterocycles. The highest BCUT2D eigenvalue weighted by molar-refractivity contribution is 5.62. The lowest BCUT2D eigenvalue weighted by Gasteiger charge is -2.12. The smallest absolute Gasteiger partial charge is 0.0190 e. The van der Waals surface area contributed by atoms with Gasteiger partial charge in [0.2, 0.25) is 0 Å². The summed E-state index contributed by atoms with van der Waals surface area (Å²) in [6.45, 7) is 6.52. The molecule has 0 aliphatic heterocycles. The van der Waals surface area contributed by atoms with Crippen LogP contribution >= 0.6 is 0 Å². The molecule has 0 aromatic heterocycles. The molecule has 0 saturated carbocycles. The number of unbranched alkanes of at least 4 members (excludes halogenated alkanes) is 1. The quantitative estimate of drug-likeness (QED) is 0.533. The van der Waals surface area contributed by atoms with Crippen LogP contribution in [0.1, 0.15) is 49.7 Å². The summed E-state index contributed by atoms with van der Waals surface area (Å²) in [6, 6.07) is 21.3. The SMILES string of the molecule is C=C(CCCCC(C)c1ccccc1)c1ccccc1. The van der Waals surface area contributed by atoms with Gasteiger partial charge in [-0.3, -0.25) is 0 Å². The largest absolute Gasteiger partial charge is 0.0952 e. The van der Waals surface area contributed by atoms with E-state index < -0.39 is 0 Å². The second kappa shape index (κ2) is 7.69. The highest BCUT2D eigenvalue weighted by atomic mass is 14.1. The van der Waals surface area contributed by atoms with Crippen LogP contribution in [0.2, 0.25) is 0 Å². The van der Waals surface area contributed by atoms with Crippen molar-refractivity contribution in [1.82, 2.24) is 0 Å². The van der Waals surface area contributed by atoms with Crippen LogP contribution in [0.4, 0.5) is 0 Å². The Morgan fingerprint density at radius 1 is 0.900 bits per heavy atom.